The molecule has 3 atom stereocenters. The number of ether oxygens (including phenoxy) is 1. The second-order valence-corrected chi connectivity index (χ2v) is 19.0. The molecule has 0 heterocycles. The first kappa shape index (κ1) is 64.0. The SMILES string of the molecule is CC/C=C\C/C=C\C/C=C\C/C=C\C/C=C\C/C=C\C(CC(=O)NC(CO)C(O)CCCCCCCCCCCCCCC)OC(=O)CCCCCCC/C=C/CCCCCCCCCCC. The van der Waals surface area contributed by atoms with E-state index in [0.29, 0.717) is 19.3 Å². The highest BCUT2D eigenvalue weighted by Gasteiger charge is 2.23. The van der Waals surface area contributed by atoms with Gasteiger partial charge in [0.05, 0.1) is 25.2 Å². The topological polar surface area (TPSA) is 95.9 Å². The number of aliphatic hydroxyl groups is 2. The predicted octanol–water partition coefficient (Wildman–Crippen LogP) is 17.5. The monoisotopic (exact) mass is 934 g/mol. The predicted molar refractivity (Wildman–Crippen MR) is 291 cm³/mol. The summed E-state index contributed by atoms with van der Waals surface area (Å²) in [6.45, 7) is 6.34. The van der Waals surface area contributed by atoms with Gasteiger partial charge in [0, 0.05) is 6.42 Å². The summed E-state index contributed by atoms with van der Waals surface area (Å²) in [7, 11) is 0. The zero-order chi connectivity index (χ0) is 48.8. The molecule has 6 heteroatoms. The number of hydrogen-bond acceptors (Lipinski definition) is 5. The smallest absolute Gasteiger partial charge is 0.306 e. The van der Waals surface area contributed by atoms with Gasteiger partial charge in [0.15, 0.2) is 0 Å². The summed E-state index contributed by atoms with van der Waals surface area (Å²) in [6, 6.07) is -0.748. The van der Waals surface area contributed by atoms with Crippen LogP contribution in [0.1, 0.15) is 265 Å². The zero-order valence-electron chi connectivity index (χ0n) is 44.0. The van der Waals surface area contributed by atoms with Crippen LogP contribution in [-0.4, -0.2) is 46.9 Å². The second kappa shape index (κ2) is 54.0. The highest BCUT2D eigenvalue weighted by molar-refractivity contribution is 5.78. The van der Waals surface area contributed by atoms with Crippen molar-refractivity contribution in [3.63, 3.8) is 0 Å². The first-order valence-corrected chi connectivity index (χ1v) is 28.3. The molecule has 0 rings (SSSR count). The van der Waals surface area contributed by atoms with Gasteiger partial charge in [-0.25, -0.2) is 0 Å². The maximum Gasteiger partial charge on any atom is 0.306 e. The van der Waals surface area contributed by atoms with Crippen molar-refractivity contribution < 1.29 is 24.5 Å². The van der Waals surface area contributed by atoms with Gasteiger partial charge in [-0.3, -0.25) is 9.59 Å². The molecule has 386 valence electrons. The number of carbonyl (C=O) groups is 2. The summed E-state index contributed by atoms with van der Waals surface area (Å²) < 4.78 is 5.84. The van der Waals surface area contributed by atoms with Crippen LogP contribution in [0.5, 0.6) is 0 Å². The van der Waals surface area contributed by atoms with Gasteiger partial charge >= 0.3 is 5.97 Å². The minimum Gasteiger partial charge on any atom is -0.458 e. The number of nitrogens with one attached hydrogen (secondary N) is 1. The van der Waals surface area contributed by atoms with Gasteiger partial charge in [0.2, 0.25) is 5.91 Å². The number of amides is 1. The molecule has 1 amide bonds. The molecule has 0 bridgehead atoms. The Hall–Kier alpha value is -2.96. The van der Waals surface area contributed by atoms with Crippen LogP contribution in [-0.2, 0) is 14.3 Å². The maximum absolute atomic E-state index is 13.2. The normalized spacial score (nSPS) is 13.8. The third kappa shape index (κ3) is 49.3. The molecule has 0 aromatic rings. The molecule has 0 aliphatic carbocycles. The Labute approximate surface area is 414 Å². The fraction of sp³-hybridized carbons (Fsp3) is 0.738. The third-order valence-corrected chi connectivity index (χ3v) is 12.5. The fourth-order valence-corrected chi connectivity index (χ4v) is 8.19. The van der Waals surface area contributed by atoms with E-state index in [9.17, 15) is 19.8 Å². The van der Waals surface area contributed by atoms with Crippen molar-refractivity contribution in [2.24, 2.45) is 0 Å². The van der Waals surface area contributed by atoms with E-state index in [0.717, 1.165) is 83.5 Å². The van der Waals surface area contributed by atoms with Crippen molar-refractivity contribution in [3.8, 4) is 0 Å². The van der Waals surface area contributed by atoms with Crippen LogP contribution in [0.15, 0.2) is 85.1 Å². The lowest BCUT2D eigenvalue weighted by molar-refractivity contribution is -0.148. The number of unbranched alkanes of at least 4 members (excludes halogenated alkanes) is 26. The Bertz CT molecular complexity index is 1280. The number of aliphatic hydroxyl groups excluding tert-OH is 2. The van der Waals surface area contributed by atoms with Crippen molar-refractivity contribution in [1.82, 2.24) is 5.32 Å². The largest absolute Gasteiger partial charge is 0.458 e. The quantitative estimate of drug-likeness (QED) is 0.0321. The zero-order valence-corrected chi connectivity index (χ0v) is 44.0. The minimum absolute atomic E-state index is 0.0531. The first-order valence-electron chi connectivity index (χ1n) is 28.3. The van der Waals surface area contributed by atoms with Crippen LogP contribution < -0.4 is 5.32 Å². The lowest BCUT2D eigenvalue weighted by atomic mass is 10.0. The fourth-order valence-electron chi connectivity index (χ4n) is 8.19. The van der Waals surface area contributed by atoms with Crippen LogP contribution in [0.2, 0.25) is 0 Å². The van der Waals surface area contributed by atoms with Crippen LogP contribution in [0.3, 0.4) is 0 Å². The summed E-state index contributed by atoms with van der Waals surface area (Å²) in [5.74, 6) is -0.638. The number of rotatable bonds is 50. The highest BCUT2D eigenvalue weighted by atomic mass is 16.5. The summed E-state index contributed by atoms with van der Waals surface area (Å²) in [5.41, 5.74) is 0. The number of allylic oxidation sites excluding steroid dienone is 13. The minimum atomic E-state index is -0.825. The summed E-state index contributed by atoms with van der Waals surface area (Å²) in [4.78, 5) is 26.2. The molecule has 0 aromatic heterocycles. The van der Waals surface area contributed by atoms with E-state index in [4.69, 9.17) is 4.74 Å². The maximum atomic E-state index is 13.2. The van der Waals surface area contributed by atoms with E-state index in [1.807, 2.05) is 6.08 Å². The molecule has 0 spiro atoms. The number of esters is 1. The van der Waals surface area contributed by atoms with Crippen molar-refractivity contribution >= 4 is 11.9 Å². The van der Waals surface area contributed by atoms with Gasteiger partial charge in [-0.1, -0.05) is 254 Å². The number of carbonyl (C=O) groups excluding carboxylic acids is 2. The molecular formula is C61H107NO5. The molecule has 0 saturated carbocycles. The van der Waals surface area contributed by atoms with Crippen LogP contribution in [0.4, 0.5) is 0 Å². The van der Waals surface area contributed by atoms with Gasteiger partial charge in [-0.05, 0) is 83.1 Å². The van der Waals surface area contributed by atoms with Crippen LogP contribution in [0.25, 0.3) is 0 Å². The van der Waals surface area contributed by atoms with Gasteiger partial charge < -0.3 is 20.3 Å². The third-order valence-electron chi connectivity index (χ3n) is 12.5. The van der Waals surface area contributed by atoms with E-state index in [2.05, 4.69) is 99.0 Å². The first-order chi connectivity index (χ1) is 33.0. The van der Waals surface area contributed by atoms with Gasteiger partial charge in [-0.2, -0.15) is 0 Å². The van der Waals surface area contributed by atoms with Crippen molar-refractivity contribution in [2.75, 3.05) is 6.61 Å². The Balaban J connectivity index is 4.74. The summed E-state index contributed by atoms with van der Waals surface area (Å²) >= 11 is 0. The Kier molecular flexibility index (Phi) is 51.6. The highest BCUT2D eigenvalue weighted by Crippen LogP contribution is 2.16. The van der Waals surface area contributed by atoms with Gasteiger partial charge in [0.1, 0.15) is 6.10 Å². The molecule has 0 saturated heterocycles. The molecular weight excluding hydrogens is 827 g/mol. The number of hydrogen-bond donors (Lipinski definition) is 3. The summed E-state index contributed by atoms with van der Waals surface area (Å²) in [6.07, 6.45) is 71.1. The average molecular weight is 935 g/mol. The molecule has 0 radical (unpaired) electrons. The average Bonchev–Trinajstić information content (AvgIpc) is 3.32. The Morgan fingerprint density at radius 2 is 0.836 bits per heavy atom. The van der Waals surface area contributed by atoms with Crippen molar-refractivity contribution in [2.45, 2.75) is 283 Å². The van der Waals surface area contributed by atoms with E-state index in [-0.39, 0.29) is 24.9 Å². The van der Waals surface area contributed by atoms with E-state index in [1.165, 1.54) is 135 Å². The molecule has 3 unspecified atom stereocenters. The van der Waals surface area contributed by atoms with Crippen LogP contribution in [0, 0.1) is 0 Å². The molecule has 3 N–H and O–H groups in total. The summed E-state index contributed by atoms with van der Waals surface area (Å²) in [5, 5.41) is 23.8. The van der Waals surface area contributed by atoms with E-state index < -0.39 is 18.2 Å². The molecule has 0 aliphatic heterocycles. The molecule has 6 nitrogen and oxygen atoms in total. The molecule has 0 fully saturated rings. The molecule has 67 heavy (non-hydrogen) atoms. The Morgan fingerprint density at radius 3 is 1.25 bits per heavy atom. The molecule has 0 aliphatic rings. The van der Waals surface area contributed by atoms with E-state index in [1.54, 1.807) is 6.08 Å². The second-order valence-electron chi connectivity index (χ2n) is 19.0. The standard InChI is InChI=1S/C61H107NO5/c1-4-7-10-13-16-19-22-25-27-29-31-33-36-39-42-45-48-51-54-61(66)67-57(52-49-46-43-40-37-35-32-30-28-26-23-20-17-14-11-8-5-2)55-60(65)62-58(56-63)59(64)53-50-47-44-41-38-34-24-21-18-15-12-9-6-3/h8,11,17,20,26,28,31-33,35,40,43,49,52,57-59,63-64H,4-7,9-10,12-16,18-19,21-25,27,29-30,34,36-39,41-42,44-48,50-51,53-56H2,1-3H3,(H,62,65)/b11-8-,20-17-,28-26-,33-31+,35-32-,43-40-,52-49-. The van der Waals surface area contributed by atoms with Gasteiger partial charge in [0.25, 0.3) is 0 Å². The van der Waals surface area contributed by atoms with Gasteiger partial charge in [-0.15, -0.1) is 0 Å². The van der Waals surface area contributed by atoms with Crippen molar-refractivity contribution in [3.05, 3.63) is 85.1 Å². The van der Waals surface area contributed by atoms with E-state index >= 15 is 0 Å². The lowest BCUT2D eigenvalue weighted by Gasteiger charge is -2.23. The lowest BCUT2D eigenvalue weighted by Crippen LogP contribution is -2.46. The van der Waals surface area contributed by atoms with Crippen molar-refractivity contribution in [1.29, 1.82) is 0 Å². The Morgan fingerprint density at radius 1 is 0.463 bits per heavy atom. The molecule has 0 aromatic carbocycles. The van der Waals surface area contributed by atoms with Crippen LogP contribution >= 0.6 is 0 Å².